The molecule has 1 fully saturated rings. The summed E-state index contributed by atoms with van der Waals surface area (Å²) in [4.78, 5) is 13.7. The van der Waals surface area contributed by atoms with E-state index in [-0.39, 0.29) is 6.09 Å². The van der Waals surface area contributed by atoms with Crippen LogP contribution in [0, 0.1) is 5.92 Å². The largest absolute Gasteiger partial charge is 0.444 e. The highest BCUT2D eigenvalue weighted by Gasteiger charge is 2.26. The molecular formula is C14H25NO2. The van der Waals surface area contributed by atoms with Gasteiger partial charge >= 0.3 is 6.09 Å². The summed E-state index contributed by atoms with van der Waals surface area (Å²) in [7, 11) is 0. The van der Waals surface area contributed by atoms with E-state index < -0.39 is 5.60 Å². The standard InChI is InChI=1S/C14H25NO2/c1-5-6-8-12-9-7-10-15(11-12)13(16)17-14(2,3)4/h6,8,12H,5,7,9-11H2,1-4H3. The second-order valence-electron chi connectivity index (χ2n) is 5.67. The van der Waals surface area contributed by atoms with Gasteiger partial charge in [-0.1, -0.05) is 19.1 Å². The van der Waals surface area contributed by atoms with E-state index in [0.717, 1.165) is 25.9 Å². The second-order valence-corrected chi connectivity index (χ2v) is 5.67. The van der Waals surface area contributed by atoms with Crippen LogP contribution in [-0.4, -0.2) is 29.7 Å². The van der Waals surface area contributed by atoms with Crippen molar-refractivity contribution in [2.45, 2.75) is 52.6 Å². The van der Waals surface area contributed by atoms with Crippen LogP contribution < -0.4 is 0 Å². The molecule has 1 unspecified atom stereocenters. The lowest BCUT2D eigenvalue weighted by atomic mass is 9.98. The fourth-order valence-electron chi connectivity index (χ4n) is 1.99. The molecule has 17 heavy (non-hydrogen) atoms. The maximum atomic E-state index is 11.9. The molecule has 0 saturated carbocycles. The van der Waals surface area contributed by atoms with Crippen LogP contribution in [0.1, 0.15) is 47.0 Å². The highest BCUT2D eigenvalue weighted by molar-refractivity contribution is 5.68. The Kier molecular flexibility index (Phi) is 5.03. The topological polar surface area (TPSA) is 29.5 Å². The molecule has 1 rings (SSSR count). The maximum Gasteiger partial charge on any atom is 0.410 e. The highest BCUT2D eigenvalue weighted by Crippen LogP contribution is 2.20. The quantitative estimate of drug-likeness (QED) is 0.689. The van der Waals surface area contributed by atoms with E-state index >= 15 is 0 Å². The SMILES string of the molecule is CCC=CC1CCCN(C(=O)OC(C)(C)C)C1. The molecule has 0 N–H and O–H groups in total. The number of carbonyl (C=O) groups is 1. The Morgan fingerprint density at radius 1 is 1.47 bits per heavy atom. The van der Waals surface area contributed by atoms with Crippen LogP contribution in [0.3, 0.4) is 0 Å². The normalized spacial score (nSPS) is 21.9. The number of hydrogen-bond acceptors (Lipinski definition) is 2. The smallest absolute Gasteiger partial charge is 0.410 e. The molecule has 0 aromatic carbocycles. The van der Waals surface area contributed by atoms with Crippen molar-refractivity contribution in [3.8, 4) is 0 Å². The number of likely N-dealkylation sites (tertiary alicyclic amines) is 1. The molecular weight excluding hydrogens is 214 g/mol. The molecule has 98 valence electrons. The molecule has 0 aromatic rings. The fourth-order valence-corrected chi connectivity index (χ4v) is 1.99. The zero-order valence-corrected chi connectivity index (χ0v) is 11.5. The first-order chi connectivity index (χ1) is 7.92. The molecule has 1 atom stereocenters. The van der Waals surface area contributed by atoms with E-state index in [4.69, 9.17) is 4.74 Å². The van der Waals surface area contributed by atoms with Crippen LogP contribution in [0.2, 0.25) is 0 Å². The summed E-state index contributed by atoms with van der Waals surface area (Å²) in [6.07, 6.45) is 7.54. The second kappa shape index (κ2) is 6.08. The molecule has 1 heterocycles. The van der Waals surface area contributed by atoms with Crippen molar-refractivity contribution in [3.63, 3.8) is 0 Å². The number of hydrogen-bond donors (Lipinski definition) is 0. The molecule has 1 aliphatic rings. The third-order valence-electron chi connectivity index (χ3n) is 2.75. The van der Waals surface area contributed by atoms with Gasteiger partial charge in [0.2, 0.25) is 0 Å². The van der Waals surface area contributed by atoms with Crippen LogP contribution >= 0.6 is 0 Å². The Labute approximate surface area is 105 Å². The first-order valence-corrected chi connectivity index (χ1v) is 6.57. The van der Waals surface area contributed by atoms with Crippen LogP contribution in [0.4, 0.5) is 4.79 Å². The summed E-state index contributed by atoms with van der Waals surface area (Å²) >= 11 is 0. The predicted molar refractivity (Wildman–Crippen MR) is 70.0 cm³/mol. The van der Waals surface area contributed by atoms with Gasteiger partial charge in [0.15, 0.2) is 0 Å². The molecule has 0 bridgehead atoms. The minimum Gasteiger partial charge on any atom is -0.444 e. The number of rotatable bonds is 2. The molecule has 0 aromatic heterocycles. The summed E-state index contributed by atoms with van der Waals surface area (Å²) < 4.78 is 5.39. The summed E-state index contributed by atoms with van der Waals surface area (Å²) in [6, 6.07) is 0. The van der Waals surface area contributed by atoms with Crippen LogP contribution in [0.25, 0.3) is 0 Å². The van der Waals surface area contributed by atoms with Gasteiger partial charge in [0.25, 0.3) is 0 Å². The van der Waals surface area contributed by atoms with Gasteiger partial charge in [-0.05, 0) is 46.0 Å². The van der Waals surface area contributed by atoms with E-state index in [0.29, 0.717) is 5.92 Å². The van der Waals surface area contributed by atoms with Crippen LogP contribution in [0.15, 0.2) is 12.2 Å². The zero-order valence-electron chi connectivity index (χ0n) is 11.5. The van der Waals surface area contributed by atoms with E-state index in [1.807, 2.05) is 25.7 Å². The number of piperidine rings is 1. The van der Waals surface area contributed by atoms with Gasteiger partial charge in [0.1, 0.15) is 5.60 Å². The summed E-state index contributed by atoms with van der Waals surface area (Å²) in [5.74, 6) is 0.496. The maximum absolute atomic E-state index is 11.9. The molecule has 3 nitrogen and oxygen atoms in total. The van der Waals surface area contributed by atoms with E-state index in [2.05, 4.69) is 19.1 Å². The molecule has 1 amide bonds. The summed E-state index contributed by atoms with van der Waals surface area (Å²) in [5, 5.41) is 0. The lowest BCUT2D eigenvalue weighted by Gasteiger charge is -2.33. The van der Waals surface area contributed by atoms with Crippen molar-refractivity contribution in [2.24, 2.45) is 5.92 Å². The summed E-state index contributed by atoms with van der Waals surface area (Å²) in [6.45, 7) is 9.47. The summed E-state index contributed by atoms with van der Waals surface area (Å²) in [5.41, 5.74) is -0.400. The van der Waals surface area contributed by atoms with Gasteiger partial charge in [-0.2, -0.15) is 0 Å². The van der Waals surface area contributed by atoms with Crippen molar-refractivity contribution >= 4 is 6.09 Å². The lowest BCUT2D eigenvalue weighted by molar-refractivity contribution is 0.0186. The molecule has 1 saturated heterocycles. The number of allylic oxidation sites excluding steroid dienone is 1. The van der Waals surface area contributed by atoms with E-state index in [1.165, 1.54) is 6.42 Å². The lowest BCUT2D eigenvalue weighted by Crippen LogP contribution is -2.42. The Balaban J connectivity index is 2.49. The predicted octanol–water partition coefficient (Wildman–Crippen LogP) is 3.60. The Morgan fingerprint density at radius 2 is 2.18 bits per heavy atom. The molecule has 0 spiro atoms. The zero-order chi connectivity index (χ0) is 12.9. The van der Waals surface area contributed by atoms with E-state index in [1.54, 1.807) is 0 Å². The van der Waals surface area contributed by atoms with Gasteiger partial charge in [-0.3, -0.25) is 0 Å². The fraction of sp³-hybridized carbons (Fsp3) is 0.786. The number of nitrogens with zero attached hydrogens (tertiary/aromatic N) is 1. The third-order valence-corrected chi connectivity index (χ3v) is 2.75. The minimum absolute atomic E-state index is 0.174. The van der Waals surface area contributed by atoms with Gasteiger partial charge in [-0.15, -0.1) is 0 Å². The van der Waals surface area contributed by atoms with Crippen LogP contribution in [0.5, 0.6) is 0 Å². The van der Waals surface area contributed by atoms with Crippen molar-refractivity contribution < 1.29 is 9.53 Å². The average Bonchev–Trinajstić information content (AvgIpc) is 2.24. The van der Waals surface area contributed by atoms with Crippen molar-refractivity contribution in [1.82, 2.24) is 4.90 Å². The first kappa shape index (κ1) is 14.1. The van der Waals surface area contributed by atoms with Crippen molar-refractivity contribution in [1.29, 1.82) is 0 Å². The van der Waals surface area contributed by atoms with E-state index in [9.17, 15) is 4.79 Å². The van der Waals surface area contributed by atoms with Gasteiger partial charge < -0.3 is 9.64 Å². The Hall–Kier alpha value is -0.990. The molecule has 0 aliphatic carbocycles. The number of ether oxygens (including phenoxy) is 1. The van der Waals surface area contributed by atoms with Crippen molar-refractivity contribution in [3.05, 3.63) is 12.2 Å². The molecule has 1 aliphatic heterocycles. The third kappa shape index (κ3) is 5.24. The number of amides is 1. The minimum atomic E-state index is -0.400. The highest BCUT2D eigenvalue weighted by atomic mass is 16.6. The van der Waals surface area contributed by atoms with Gasteiger partial charge in [0.05, 0.1) is 0 Å². The van der Waals surface area contributed by atoms with Crippen molar-refractivity contribution in [2.75, 3.05) is 13.1 Å². The Bertz CT molecular complexity index is 278. The number of carbonyl (C=O) groups excluding carboxylic acids is 1. The van der Waals surface area contributed by atoms with Crippen LogP contribution in [-0.2, 0) is 4.74 Å². The average molecular weight is 239 g/mol. The monoisotopic (exact) mass is 239 g/mol. The molecule has 0 radical (unpaired) electrons. The van der Waals surface area contributed by atoms with Gasteiger partial charge in [0, 0.05) is 13.1 Å². The first-order valence-electron chi connectivity index (χ1n) is 6.57. The Morgan fingerprint density at radius 3 is 2.76 bits per heavy atom. The van der Waals surface area contributed by atoms with Gasteiger partial charge in [-0.25, -0.2) is 4.79 Å². The molecule has 3 heteroatoms.